The van der Waals surface area contributed by atoms with E-state index in [-0.39, 0.29) is 12.5 Å². The van der Waals surface area contributed by atoms with Gasteiger partial charge in [-0.05, 0) is 73.3 Å². The van der Waals surface area contributed by atoms with Crippen LogP contribution in [0, 0.1) is 11.3 Å². The molecule has 0 bridgehead atoms. The Labute approximate surface area is 215 Å². The van der Waals surface area contributed by atoms with E-state index in [1.807, 2.05) is 25.1 Å². The maximum atomic E-state index is 13.9. The summed E-state index contributed by atoms with van der Waals surface area (Å²) < 4.78 is 25.2. The smallest absolute Gasteiger partial charge is 0.340 e. The molecule has 0 radical (unpaired) electrons. The second-order valence-corrected chi connectivity index (χ2v) is 9.87. The van der Waals surface area contributed by atoms with Crippen molar-refractivity contribution in [1.29, 1.82) is 5.26 Å². The van der Waals surface area contributed by atoms with E-state index in [1.165, 1.54) is 18.4 Å². The summed E-state index contributed by atoms with van der Waals surface area (Å²) in [5, 5.41) is 9.61. The molecule has 36 heavy (non-hydrogen) atoms. The Bertz CT molecular complexity index is 990. The van der Waals surface area contributed by atoms with Gasteiger partial charge in [0.05, 0.1) is 12.2 Å². The zero-order valence-electron chi connectivity index (χ0n) is 21.8. The number of rotatable bonds is 13. The fourth-order valence-electron chi connectivity index (χ4n) is 4.83. The Balaban J connectivity index is 1.52. The average molecular weight is 494 g/mol. The molecule has 5 heteroatoms. The maximum absolute atomic E-state index is 13.9. The number of hydrogen-bond donors (Lipinski definition) is 0. The van der Waals surface area contributed by atoms with Crippen molar-refractivity contribution in [2.45, 2.75) is 103 Å². The molecule has 1 atom stereocenters. The highest BCUT2D eigenvalue weighted by molar-refractivity contribution is 5.74. The Hall–Kier alpha value is -2.87. The van der Waals surface area contributed by atoms with Crippen molar-refractivity contribution in [1.82, 2.24) is 0 Å². The highest BCUT2D eigenvalue weighted by Gasteiger charge is 2.27. The monoisotopic (exact) mass is 493 g/mol. The summed E-state index contributed by atoms with van der Waals surface area (Å²) >= 11 is 0. The summed E-state index contributed by atoms with van der Waals surface area (Å²) in [5.41, 5.74) is 3.89. The lowest BCUT2D eigenvalue weighted by atomic mass is 9.82. The van der Waals surface area contributed by atoms with Gasteiger partial charge in [0.25, 0.3) is 0 Å². The predicted octanol–water partition coefficient (Wildman–Crippen LogP) is 8.28. The molecular formula is C31H40FNO3. The quantitative estimate of drug-likeness (QED) is 0.208. The van der Waals surface area contributed by atoms with E-state index in [2.05, 4.69) is 37.3 Å². The first kappa shape index (κ1) is 27.7. The van der Waals surface area contributed by atoms with Crippen LogP contribution in [0.25, 0.3) is 11.1 Å². The summed E-state index contributed by atoms with van der Waals surface area (Å²) in [6.45, 7) is 4.80. The van der Waals surface area contributed by atoms with Gasteiger partial charge in [-0.1, -0.05) is 76.3 Å². The first-order chi connectivity index (χ1) is 17.5. The van der Waals surface area contributed by atoms with Gasteiger partial charge >= 0.3 is 5.97 Å². The second-order valence-electron chi connectivity index (χ2n) is 9.87. The van der Waals surface area contributed by atoms with Crippen molar-refractivity contribution in [2.24, 2.45) is 0 Å². The lowest BCUT2D eigenvalue weighted by Gasteiger charge is -2.29. The molecular weight excluding hydrogens is 453 g/mol. The fraction of sp³-hybridized carbons (Fsp3) is 0.548. The second kappa shape index (κ2) is 14.6. The summed E-state index contributed by atoms with van der Waals surface area (Å²) in [6, 6.07) is 16.6. The topological polar surface area (TPSA) is 59.3 Å². The van der Waals surface area contributed by atoms with Crippen LogP contribution < -0.4 is 4.74 Å². The van der Waals surface area contributed by atoms with Crippen LogP contribution in [0.5, 0.6) is 5.75 Å². The lowest BCUT2D eigenvalue weighted by molar-refractivity contribution is -0.157. The van der Waals surface area contributed by atoms with Crippen LogP contribution in [0.3, 0.4) is 0 Å². The van der Waals surface area contributed by atoms with Crippen LogP contribution in [-0.2, 0) is 9.53 Å². The normalized spacial score (nSPS) is 18.3. The molecule has 0 heterocycles. The lowest BCUT2D eigenvalue weighted by Crippen LogP contribution is -2.28. The zero-order chi connectivity index (χ0) is 25.8. The molecule has 2 aromatic carbocycles. The SMILES string of the molecule is CCCCCCOc1ccc(-c2ccc(C3CCC(OC(=O)[C@@H](F)CCCC)CC3)cc2)cc1C#N. The third-order valence-electron chi connectivity index (χ3n) is 7.09. The van der Waals surface area contributed by atoms with Gasteiger partial charge in [0.1, 0.15) is 17.9 Å². The van der Waals surface area contributed by atoms with Crippen LogP contribution in [-0.4, -0.2) is 24.9 Å². The molecule has 0 aromatic heterocycles. The van der Waals surface area contributed by atoms with E-state index in [4.69, 9.17) is 9.47 Å². The predicted molar refractivity (Wildman–Crippen MR) is 142 cm³/mol. The van der Waals surface area contributed by atoms with Crippen LogP contribution in [0.15, 0.2) is 42.5 Å². The number of ether oxygens (including phenoxy) is 2. The van der Waals surface area contributed by atoms with E-state index in [1.54, 1.807) is 0 Å². The molecule has 1 saturated carbocycles. The molecule has 4 nitrogen and oxygen atoms in total. The summed E-state index contributed by atoms with van der Waals surface area (Å²) in [6.07, 6.45) is 8.07. The Kier molecular flexibility index (Phi) is 11.3. The number of nitrogens with zero attached hydrogens (tertiary/aromatic N) is 1. The number of carbonyl (C=O) groups excluding carboxylic acids is 1. The molecule has 0 aliphatic heterocycles. The van der Waals surface area contributed by atoms with Crippen molar-refractivity contribution in [3.8, 4) is 22.9 Å². The van der Waals surface area contributed by atoms with Gasteiger partial charge in [-0.3, -0.25) is 0 Å². The van der Waals surface area contributed by atoms with E-state index in [0.717, 1.165) is 56.1 Å². The molecule has 1 fully saturated rings. The van der Waals surface area contributed by atoms with E-state index >= 15 is 0 Å². The molecule has 3 rings (SSSR count). The number of benzene rings is 2. The van der Waals surface area contributed by atoms with Crippen LogP contribution in [0.1, 0.15) is 102 Å². The Morgan fingerprint density at radius 3 is 2.33 bits per heavy atom. The number of esters is 1. The average Bonchev–Trinajstić information content (AvgIpc) is 2.92. The third-order valence-corrected chi connectivity index (χ3v) is 7.09. The van der Waals surface area contributed by atoms with Gasteiger partial charge in [0.2, 0.25) is 0 Å². The Morgan fingerprint density at radius 1 is 0.972 bits per heavy atom. The molecule has 0 unspecified atom stereocenters. The summed E-state index contributed by atoms with van der Waals surface area (Å²) in [4.78, 5) is 12.0. The molecule has 0 N–H and O–H groups in total. The molecule has 1 aliphatic carbocycles. The minimum absolute atomic E-state index is 0.176. The highest BCUT2D eigenvalue weighted by Crippen LogP contribution is 2.35. The van der Waals surface area contributed by atoms with E-state index in [0.29, 0.717) is 30.3 Å². The summed E-state index contributed by atoms with van der Waals surface area (Å²) in [5.74, 6) is 0.366. The molecule has 0 spiro atoms. The number of nitriles is 1. The minimum Gasteiger partial charge on any atom is -0.492 e. The van der Waals surface area contributed by atoms with Crippen molar-refractivity contribution >= 4 is 5.97 Å². The van der Waals surface area contributed by atoms with Gasteiger partial charge in [-0.25, -0.2) is 9.18 Å². The van der Waals surface area contributed by atoms with Crippen molar-refractivity contribution in [3.63, 3.8) is 0 Å². The van der Waals surface area contributed by atoms with Gasteiger partial charge in [-0.2, -0.15) is 5.26 Å². The first-order valence-electron chi connectivity index (χ1n) is 13.7. The number of hydrogen-bond acceptors (Lipinski definition) is 4. The van der Waals surface area contributed by atoms with Gasteiger partial charge < -0.3 is 9.47 Å². The van der Waals surface area contributed by atoms with E-state index < -0.39 is 12.1 Å². The number of halogens is 1. The molecule has 1 aliphatic rings. The van der Waals surface area contributed by atoms with Gasteiger partial charge in [0, 0.05) is 0 Å². The van der Waals surface area contributed by atoms with Crippen LogP contribution in [0.4, 0.5) is 4.39 Å². The van der Waals surface area contributed by atoms with Crippen molar-refractivity contribution in [3.05, 3.63) is 53.6 Å². The molecule has 0 saturated heterocycles. The van der Waals surface area contributed by atoms with Gasteiger partial charge in [-0.15, -0.1) is 0 Å². The zero-order valence-corrected chi connectivity index (χ0v) is 21.8. The van der Waals surface area contributed by atoms with Crippen LogP contribution in [0.2, 0.25) is 0 Å². The molecule has 2 aromatic rings. The number of carbonyl (C=O) groups is 1. The number of unbranched alkanes of at least 4 members (excludes halogenated alkanes) is 4. The third kappa shape index (κ3) is 8.08. The van der Waals surface area contributed by atoms with Gasteiger partial charge in [0.15, 0.2) is 6.17 Å². The molecule has 0 amide bonds. The molecule has 194 valence electrons. The minimum atomic E-state index is -1.50. The largest absolute Gasteiger partial charge is 0.492 e. The highest BCUT2D eigenvalue weighted by atomic mass is 19.1. The summed E-state index contributed by atoms with van der Waals surface area (Å²) in [7, 11) is 0. The fourth-order valence-corrected chi connectivity index (χ4v) is 4.83. The van der Waals surface area contributed by atoms with Crippen molar-refractivity contribution < 1.29 is 18.7 Å². The maximum Gasteiger partial charge on any atom is 0.340 e. The Morgan fingerprint density at radius 2 is 1.67 bits per heavy atom. The van der Waals surface area contributed by atoms with Crippen molar-refractivity contribution in [2.75, 3.05) is 6.61 Å². The number of alkyl halides is 1. The standard InChI is InChI=1S/C31H40FNO3/c1-3-5-7-8-20-35-30-19-16-26(21-27(30)22-33)25-12-10-23(11-13-25)24-14-17-28(18-15-24)36-31(34)29(32)9-6-4-2/h10-13,16,19,21,24,28-29H,3-9,14-15,17-18,20H2,1-2H3/t24?,28?,29-/m0/s1. The van der Waals surface area contributed by atoms with E-state index in [9.17, 15) is 14.4 Å². The van der Waals surface area contributed by atoms with Crippen LogP contribution >= 0.6 is 0 Å². The first-order valence-corrected chi connectivity index (χ1v) is 13.7.